The molecule has 2 aromatic carbocycles. The fourth-order valence-electron chi connectivity index (χ4n) is 5.01. The second kappa shape index (κ2) is 9.00. The molecule has 4 rings (SSSR count). The minimum Gasteiger partial charge on any atom is -0.385 e. The summed E-state index contributed by atoms with van der Waals surface area (Å²) in [6, 6.07) is 13.1. The molecule has 7 heteroatoms. The molecule has 0 aromatic heterocycles. The second-order valence-electron chi connectivity index (χ2n) is 8.68. The maximum Gasteiger partial charge on any atom is 0.416 e. The molecule has 1 saturated heterocycles. The molecule has 1 N–H and O–H groups in total. The van der Waals surface area contributed by atoms with Gasteiger partial charge in [0.2, 0.25) is 0 Å². The van der Waals surface area contributed by atoms with Crippen LogP contribution in [0.4, 0.5) is 18.9 Å². The van der Waals surface area contributed by atoms with Crippen LogP contribution in [0.1, 0.15) is 36.8 Å². The lowest BCUT2D eigenvalue weighted by Gasteiger charge is -2.45. The van der Waals surface area contributed by atoms with E-state index in [0.717, 1.165) is 68.3 Å². The normalized spacial score (nSPS) is 25.6. The Bertz CT molecular complexity index is 898. The molecule has 0 radical (unpaired) electrons. The van der Waals surface area contributed by atoms with Crippen LogP contribution in [0.5, 0.6) is 0 Å². The van der Waals surface area contributed by atoms with Crippen molar-refractivity contribution in [3.8, 4) is 0 Å². The zero-order valence-corrected chi connectivity index (χ0v) is 18.2. The average Bonchev–Trinajstić information content (AvgIpc) is 2.76. The molecule has 0 bridgehead atoms. The summed E-state index contributed by atoms with van der Waals surface area (Å²) >= 11 is 6.33. The smallest absolute Gasteiger partial charge is 0.385 e. The summed E-state index contributed by atoms with van der Waals surface area (Å²) in [4.78, 5) is 4.58. The van der Waals surface area contributed by atoms with Crippen molar-refractivity contribution < 1.29 is 18.3 Å². The quantitative estimate of drug-likeness (QED) is 0.658. The van der Waals surface area contributed by atoms with E-state index in [0.29, 0.717) is 18.5 Å². The van der Waals surface area contributed by atoms with E-state index in [1.54, 1.807) is 6.07 Å². The number of piperazine rings is 1. The van der Waals surface area contributed by atoms with Gasteiger partial charge in [0.1, 0.15) is 0 Å². The number of halogens is 4. The minimum atomic E-state index is -4.41. The maximum atomic E-state index is 13.2. The number of hydrogen-bond donors (Lipinski definition) is 1. The number of alkyl halides is 3. The molecule has 1 aliphatic heterocycles. The second-order valence-corrected chi connectivity index (χ2v) is 9.09. The number of benzene rings is 2. The third kappa shape index (κ3) is 4.86. The maximum absolute atomic E-state index is 13.2. The highest BCUT2D eigenvalue weighted by Gasteiger charge is 2.42. The molecule has 2 unspecified atom stereocenters. The first-order valence-corrected chi connectivity index (χ1v) is 11.3. The van der Waals surface area contributed by atoms with Crippen molar-refractivity contribution in [2.75, 3.05) is 37.6 Å². The van der Waals surface area contributed by atoms with E-state index in [2.05, 4.69) is 9.80 Å². The Hall–Kier alpha value is -1.76. The van der Waals surface area contributed by atoms with Gasteiger partial charge >= 0.3 is 6.18 Å². The Morgan fingerprint density at radius 3 is 2.45 bits per heavy atom. The Labute approximate surface area is 186 Å². The molecule has 1 saturated carbocycles. The van der Waals surface area contributed by atoms with Crippen molar-refractivity contribution in [1.82, 2.24) is 4.90 Å². The molecule has 1 heterocycles. The lowest BCUT2D eigenvalue weighted by molar-refractivity contribution is -0.138. The number of anilines is 1. The third-order valence-electron chi connectivity index (χ3n) is 6.77. The van der Waals surface area contributed by atoms with Gasteiger partial charge in [0.25, 0.3) is 0 Å². The third-order valence-corrected chi connectivity index (χ3v) is 7.09. The van der Waals surface area contributed by atoms with Gasteiger partial charge in [0.15, 0.2) is 0 Å². The molecule has 2 aliphatic rings. The molecule has 1 aliphatic carbocycles. The van der Waals surface area contributed by atoms with E-state index in [1.807, 2.05) is 24.3 Å². The van der Waals surface area contributed by atoms with E-state index in [1.165, 1.54) is 6.07 Å². The Morgan fingerprint density at radius 1 is 1.00 bits per heavy atom. The van der Waals surface area contributed by atoms with Crippen LogP contribution in [0.25, 0.3) is 0 Å². The summed E-state index contributed by atoms with van der Waals surface area (Å²) in [7, 11) is 0. The van der Waals surface area contributed by atoms with Gasteiger partial charge in [-0.15, -0.1) is 0 Å². The Morgan fingerprint density at radius 2 is 1.74 bits per heavy atom. The summed E-state index contributed by atoms with van der Waals surface area (Å²) in [6.45, 7) is 4.01. The molecule has 31 heavy (non-hydrogen) atoms. The summed E-state index contributed by atoms with van der Waals surface area (Å²) in [5.41, 5.74) is -0.501. The first-order valence-electron chi connectivity index (χ1n) is 10.9. The average molecular weight is 453 g/mol. The fourth-order valence-corrected chi connectivity index (χ4v) is 5.26. The summed E-state index contributed by atoms with van der Waals surface area (Å²) in [5.74, 6) is -0.0865. The molecule has 3 nitrogen and oxygen atoms in total. The zero-order valence-electron chi connectivity index (χ0n) is 17.4. The van der Waals surface area contributed by atoms with Crippen LogP contribution in [0.2, 0.25) is 5.02 Å². The van der Waals surface area contributed by atoms with E-state index < -0.39 is 17.3 Å². The first kappa shape index (κ1) is 22.4. The molecule has 2 fully saturated rings. The van der Waals surface area contributed by atoms with Gasteiger partial charge in [-0.25, -0.2) is 0 Å². The van der Waals surface area contributed by atoms with Crippen LogP contribution >= 0.6 is 11.6 Å². The topological polar surface area (TPSA) is 26.7 Å². The van der Waals surface area contributed by atoms with Crippen LogP contribution in [-0.2, 0) is 11.8 Å². The number of para-hydroxylation sites is 1. The van der Waals surface area contributed by atoms with Crippen molar-refractivity contribution >= 4 is 17.3 Å². The molecule has 0 spiro atoms. The predicted molar refractivity (Wildman–Crippen MR) is 117 cm³/mol. The molecular formula is C24H28ClF3N2O. The summed E-state index contributed by atoms with van der Waals surface area (Å²) < 4.78 is 39.7. The molecule has 0 amide bonds. The van der Waals surface area contributed by atoms with Crippen molar-refractivity contribution in [3.05, 3.63) is 64.7 Å². The van der Waals surface area contributed by atoms with Gasteiger partial charge in [-0.05, 0) is 42.7 Å². The van der Waals surface area contributed by atoms with Gasteiger partial charge in [-0.1, -0.05) is 48.7 Å². The Kier molecular flexibility index (Phi) is 6.52. The molecule has 2 atom stereocenters. The highest BCUT2D eigenvalue weighted by molar-refractivity contribution is 6.33. The largest absolute Gasteiger partial charge is 0.416 e. The highest BCUT2D eigenvalue weighted by Crippen LogP contribution is 2.43. The van der Waals surface area contributed by atoms with Crippen molar-refractivity contribution in [1.29, 1.82) is 0 Å². The molecule has 168 valence electrons. The van der Waals surface area contributed by atoms with Gasteiger partial charge in [-0.3, -0.25) is 4.90 Å². The number of rotatable bonds is 4. The van der Waals surface area contributed by atoms with E-state index in [-0.39, 0.29) is 5.92 Å². The van der Waals surface area contributed by atoms with E-state index in [9.17, 15) is 18.3 Å². The van der Waals surface area contributed by atoms with Crippen LogP contribution in [0.15, 0.2) is 48.5 Å². The molecular weight excluding hydrogens is 425 g/mol. The van der Waals surface area contributed by atoms with Crippen LogP contribution in [0, 0.1) is 5.92 Å². The predicted octanol–water partition coefficient (Wildman–Crippen LogP) is 5.56. The lowest BCUT2D eigenvalue weighted by atomic mass is 9.71. The fraction of sp³-hybridized carbons (Fsp3) is 0.500. The van der Waals surface area contributed by atoms with Crippen molar-refractivity contribution in [2.24, 2.45) is 5.92 Å². The number of nitrogens with zero attached hydrogens (tertiary/aromatic N) is 2. The molecule has 2 aromatic rings. The van der Waals surface area contributed by atoms with Crippen molar-refractivity contribution in [2.45, 2.75) is 37.5 Å². The van der Waals surface area contributed by atoms with E-state index in [4.69, 9.17) is 11.6 Å². The van der Waals surface area contributed by atoms with Gasteiger partial charge in [-0.2, -0.15) is 13.2 Å². The standard InChI is InChI=1S/C24H28ClF3N2O/c25-21-9-1-2-10-22(21)30-14-12-29(13-15-30)17-20-6-3-4-11-23(20,31)18-7-5-8-19(16-18)24(26,27)28/h1-2,5,7-10,16,20,31H,3-4,6,11-15,17H2. The monoisotopic (exact) mass is 452 g/mol. The van der Waals surface area contributed by atoms with Gasteiger partial charge in [0.05, 0.1) is 21.9 Å². The first-order chi connectivity index (χ1) is 14.8. The highest BCUT2D eigenvalue weighted by atomic mass is 35.5. The lowest BCUT2D eigenvalue weighted by Crippen LogP contribution is -2.51. The van der Waals surface area contributed by atoms with Crippen LogP contribution in [0.3, 0.4) is 0 Å². The van der Waals surface area contributed by atoms with Crippen LogP contribution in [-0.4, -0.2) is 42.7 Å². The summed E-state index contributed by atoms with van der Waals surface area (Å²) in [5, 5.41) is 12.3. The Balaban J connectivity index is 1.46. The number of aliphatic hydroxyl groups is 1. The SMILES string of the molecule is OC1(c2cccc(C(F)(F)F)c2)CCCCC1CN1CCN(c2ccccc2Cl)CC1. The zero-order chi connectivity index (χ0) is 22.1. The number of hydrogen-bond acceptors (Lipinski definition) is 3. The van der Waals surface area contributed by atoms with Gasteiger partial charge in [0, 0.05) is 38.6 Å². The van der Waals surface area contributed by atoms with Crippen molar-refractivity contribution in [3.63, 3.8) is 0 Å². The van der Waals surface area contributed by atoms with E-state index >= 15 is 0 Å². The van der Waals surface area contributed by atoms with Gasteiger partial charge < -0.3 is 10.0 Å². The summed E-state index contributed by atoms with van der Waals surface area (Å²) in [6.07, 6.45) is -1.28. The van der Waals surface area contributed by atoms with Crippen LogP contribution < -0.4 is 4.90 Å². The minimum absolute atomic E-state index is 0.0865.